The van der Waals surface area contributed by atoms with Crippen molar-refractivity contribution in [2.45, 2.75) is 32.7 Å². The first-order chi connectivity index (χ1) is 10.0. The number of hydrogen-bond donors (Lipinski definition) is 2. The molecule has 1 aliphatic carbocycles. The van der Waals surface area contributed by atoms with Crippen LogP contribution in [0.25, 0.3) is 0 Å². The van der Waals surface area contributed by atoms with Gasteiger partial charge >= 0.3 is 0 Å². The lowest BCUT2D eigenvalue weighted by Gasteiger charge is -2.33. The second kappa shape index (κ2) is 7.75. The first kappa shape index (κ1) is 16.2. The first-order valence-electron chi connectivity index (χ1n) is 8.03. The maximum absolute atomic E-state index is 11.8. The molecule has 21 heavy (non-hydrogen) atoms. The molecule has 1 aliphatic heterocycles. The van der Waals surface area contributed by atoms with Crippen LogP contribution in [0.3, 0.4) is 0 Å². The summed E-state index contributed by atoms with van der Waals surface area (Å²) in [5.41, 5.74) is 0. The third-order valence-electron chi connectivity index (χ3n) is 3.85. The van der Waals surface area contributed by atoms with Gasteiger partial charge in [0.15, 0.2) is 0 Å². The fourth-order valence-corrected chi connectivity index (χ4v) is 2.39. The third-order valence-corrected chi connectivity index (χ3v) is 3.85. The van der Waals surface area contributed by atoms with Crippen molar-refractivity contribution < 1.29 is 9.59 Å². The summed E-state index contributed by atoms with van der Waals surface area (Å²) in [6, 6.07) is 0.434. The standard InChI is InChI=1S/C15H28N4O2/c1-12(2)9-16-14(20)10-18-5-7-19(8-6-18)11-15(21)17-13-3-4-13/h12-13H,3-11H2,1-2H3,(H,16,20)(H,17,21). The van der Waals surface area contributed by atoms with Gasteiger partial charge in [0, 0.05) is 38.8 Å². The van der Waals surface area contributed by atoms with E-state index in [0.717, 1.165) is 45.6 Å². The van der Waals surface area contributed by atoms with Crippen molar-refractivity contribution in [1.82, 2.24) is 20.4 Å². The summed E-state index contributed by atoms with van der Waals surface area (Å²) in [7, 11) is 0. The number of amides is 2. The van der Waals surface area contributed by atoms with E-state index in [4.69, 9.17) is 0 Å². The predicted octanol–water partition coefficient (Wildman–Crippen LogP) is -0.345. The molecular formula is C15H28N4O2. The molecular weight excluding hydrogens is 268 g/mol. The van der Waals surface area contributed by atoms with Crippen LogP contribution in [0, 0.1) is 5.92 Å². The Morgan fingerprint density at radius 3 is 2.00 bits per heavy atom. The molecule has 0 radical (unpaired) electrons. The van der Waals surface area contributed by atoms with Gasteiger partial charge in [-0.15, -0.1) is 0 Å². The molecule has 6 nitrogen and oxygen atoms in total. The summed E-state index contributed by atoms with van der Waals surface area (Å²) in [6.07, 6.45) is 2.26. The Kier molecular flexibility index (Phi) is 5.99. The van der Waals surface area contributed by atoms with Crippen molar-refractivity contribution in [3.8, 4) is 0 Å². The molecule has 1 saturated heterocycles. The molecule has 1 heterocycles. The summed E-state index contributed by atoms with van der Waals surface area (Å²) >= 11 is 0. The number of carbonyl (C=O) groups excluding carboxylic acids is 2. The molecule has 0 bridgehead atoms. The Morgan fingerprint density at radius 2 is 1.52 bits per heavy atom. The van der Waals surface area contributed by atoms with Gasteiger partial charge in [-0.2, -0.15) is 0 Å². The average Bonchev–Trinajstić information content (AvgIpc) is 3.22. The van der Waals surface area contributed by atoms with Crippen molar-refractivity contribution in [2.24, 2.45) is 5.92 Å². The second-order valence-corrected chi connectivity index (χ2v) is 6.59. The highest BCUT2D eigenvalue weighted by Crippen LogP contribution is 2.18. The number of rotatable bonds is 7. The molecule has 2 amide bonds. The lowest BCUT2D eigenvalue weighted by atomic mass is 10.2. The van der Waals surface area contributed by atoms with Gasteiger partial charge in [-0.25, -0.2) is 0 Å². The van der Waals surface area contributed by atoms with E-state index < -0.39 is 0 Å². The summed E-state index contributed by atoms with van der Waals surface area (Å²) in [5, 5.41) is 5.96. The van der Waals surface area contributed by atoms with E-state index in [2.05, 4.69) is 34.3 Å². The zero-order chi connectivity index (χ0) is 15.2. The molecule has 6 heteroatoms. The zero-order valence-electron chi connectivity index (χ0n) is 13.2. The molecule has 0 aromatic carbocycles. The van der Waals surface area contributed by atoms with Crippen molar-refractivity contribution in [3.05, 3.63) is 0 Å². The van der Waals surface area contributed by atoms with E-state index in [1.807, 2.05) is 0 Å². The second-order valence-electron chi connectivity index (χ2n) is 6.59. The number of nitrogens with one attached hydrogen (secondary N) is 2. The molecule has 0 aromatic heterocycles. The third kappa shape index (κ3) is 6.44. The van der Waals surface area contributed by atoms with Crippen molar-refractivity contribution in [1.29, 1.82) is 0 Å². The fourth-order valence-electron chi connectivity index (χ4n) is 2.39. The van der Waals surface area contributed by atoms with Crippen LogP contribution >= 0.6 is 0 Å². The molecule has 1 saturated carbocycles. The molecule has 120 valence electrons. The Labute approximate surface area is 127 Å². The number of piperazine rings is 1. The van der Waals surface area contributed by atoms with Crippen molar-refractivity contribution in [3.63, 3.8) is 0 Å². The van der Waals surface area contributed by atoms with Crippen molar-refractivity contribution >= 4 is 11.8 Å². The average molecular weight is 296 g/mol. The molecule has 0 spiro atoms. The smallest absolute Gasteiger partial charge is 0.234 e. The monoisotopic (exact) mass is 296 g/mol. The SMILES string of the molecule is CC(C)CNC(=O)CN1CCN(CC(=O)NC2CC2)CC1. The minimum atomic E-state index is 0.101. The maximum Gasteiger partial charge on any atom is 0.234 e. The Hall–Kier alpha value is -1.14. The summed E-state index contributed by atoms with van der Waals surface area (Å²) in [4.78, 5) is 27.8. The van der Waals surface area contributed by atoms with Crippen LogP contribution in [0.2, 0.25) is 0 Å². The van der Waals surface area contributed by atoms with E-state index in [1.54, 1.807) is 0 Å². The van der Waals surface area contributed by atoms with Crippen LogP contribution in [0.1, 0.15) is 26.7 Å². The van der Waals surface area contributed by atoms with Crippen LogP contribution in [0.4, 0.5) is 0 Å². The van der Waals surface area contributed by atoms with E-state index in [9.17, 15) is 9.59 Å². The van der Waals surface area contributed by atoms with E-state index in [0.29, 0.717) is 25.0 Å². The van der Waals surface area contributed by atoms with Crippen LogP contribution in [-0.4, -0.2) is 73.5 Å². The van der Waals surface area contributed by atoms with Gasteiger partial charge < -0.3 is 10.6 Å². The highest BCUT2D eigenvalue weighted by atomic mass is 16.2. The molecule has 2 rings (SSSR count). The largest absolute Gasteiger partial charge is 0.355 e. The van der Waals surface area contributed by atoms with E-state index in [-0.39, 0.29) is 11.8 Å². The molecule has 0 unspecified atom stereocenters. The van der Waals surface area contributed by atoms with Crippen LogP contribution < -0.4 is 10.6 Å². The highest BCUT2D eigenvalue weighted by molar-refractivity contribution is 5.79. The number of carbonyl (C=O) groups is 2. The van der Waals surface area contributed by atoms with Gasteiger partial charge in [0.05, 0.1) is 13.1 Å². The van der Waals surface area contributed by atoms with Gasteiger partial charge in [-0.3, -0.25) is 19.4 Å². The Morgan fingerprint density at radius 1 is 1.00 bits per heavy atom. The van der Waals surface area contributed by atoms with E-state index >= 15 is 0 Å². The number of nitrogens with zero attached hydrogens (tertiary/aromatic N) is 2. The number of hydrogen-bond acceptors (Lipinski definition) is 4. The first-order valence-corrected chi connectivity index (χ1v) is 8.03. The topological polar surface area (TPSA) is 64.7 Å². The van der Waals surface area contributed by atoms with E-state index in [1.165, 1.54) is 0 Å². The van der Waals surface area contributed by atoms with Crippen molar-refractivity contribution in [2.75, 3.05) is 45.8 Å². The maximum atomic E-state index is 11.8. The van der Waals surface area contributed by atoms with Gasteiger partial charge in [-0.05, 0) is 18.8 Å². The summed E-state index contributed by atoms with van der Waals surface area (Å²) < 4.78 is 0. The predicted molar refractivity (Wildman–Crippen MR) is 81.9 cm³/mol. The van der Waals surface area contributed by atoms with Gasteiger partial charge in [0.25, 0.3) is 0 Å². The fraction of sp³-hybridized carbons (Fsp3) is 0.867. The molecule has 0 atom stereocenters. The van der Waals surface area contributed by atoms with Crippen LogP contribution in [0.5, 0.6) is 0 Å². The minimum Gasteiger partial charge on any atom is -0.355 e. The Bertz CT molecular complexity index is 361. The van der Waals surface area contributed by atoms with Gasteiger partial charge in [0.1, 0.15) is 0 Å². The molecule has 0 aromatic rings. The summed E-state index contributed by atoms with van der Waals surface area (Å²) in [5.74, 6) is 0.722. The molecule has 2 fully saturated rings. The normalized spacial score (nSPS) is 20.5. The Balaban J connectivity index is 1.58. The van der Waals surface area contributed by atoms with Gasteiger partial charge in [0.2, 0.25) is 11.8 Å². The molecule has 2 aliphatic rings. The van der Waals surface area contributed by atoms with Gasteiger partial charge in [-0.1, -0.05) is 13.8 Å². The highest BCUT2D eigenvalue weighted by Gasteiger charge is 2.25. The van der Waals surface area contributed by atoms with Crippen LogP contribution in [0.15, 0.2) is 0 Å². The lowest BCUT2D eigenvalue weighted by Crippen LogP contribution is -2.51. The zero-order valence-corrected chi connectivity index (χ0v) is 13.2. The van der Waals surface area contributed by atoms with Crippen LogP contribution in [-0.2, 0) is 9.59 Å². The molecule has 2 N–H and O–H groups in total. The summed E-state index contributed by atoms with van der Waals surface area (Å²) in [6.45, 7) is 9.29. The minimum absolute atomic E-state index is 0.101. The quantitative estimate of drug-likeness (QED) is 0.674. The lowest BCUT2D eigenvalue weighted by molar-refractivity contribution is -0.125.